The minimum Gasteiger partial charge on any atom is -0.455 e. The van der Waals surface area contributed by atoms with Gasteiger partial charge in [0.1, 0.15) is 11.2 Å². The van der Waals surface area contributed by atoms with Gasteiger partial charge in [-0.25, -0.2) is 0 Å². The highest BCUT2D eigenvalue weighted by Crippen LogP contribution is 2.52. The number of hydrogen-bond donors (Lipinski definition) is 0. The Morgan fingerprint density at radius 1 is 0.392 bits per heavy atom. The maximum Gasteiger partial charge on any atom is 0.143 e. The molecule has 2 nitrogen and oxygen atoms in total. The zero-order valence-corrected chi connectivity index (χ0v) is 28.6. The van der Waals surface area contributed by atoms with Crippen molar-refractivity contribution in [2.75, 3.05) is 4.90 Å². The van der Waals surface area contributed by atoms with Crippen molar-refractivity contribution >= 4 is 49.8 Å². The van der Waals surface area contributed by atoms with E-state index in [1.807, 2.05) is 0 Å². The number of para-hydroxylation sites is 1. The lowest BCUT2D eigenvalue weighted by molar-refractivity contribution is 0.660. The molecule has 242 valence electrons. The van der Waals surface area contributed by atoms with Crippen LogP contribution in [0, 0.1) is 0 Å². The summed E-state index contributed by atoms with van der Waals surface area (Å²) in [6.07, 6.45) is 0. The van der Waals surface area contributed by atoms with Crippen LogP contribution in [0.1, 0.15) is 25.0 Å². The van der Waals surface area contributed by atoms with E-state index in [2.05, 4.69) is 195 Å². The average molecular weight is 654 g/mol. The first-order valence-electron chi connectivity index (χ1n) is 17.7. The number of nitrogens with zero attached hydrogens (tertiary/aromatic N) is 1. The Bertz CT molecular complexity index is 2770. The molecule has 0 unspecified atom stereocenters. The number of rotatable bonds is 5. The molecule has 9 aromatic rings. The van der Waals surface area contributed by atoms with E-state index in [0.29, 0.717) is 0 Å². The zero-order chi connectivity index (χ0) is 34.1. The minimum atomic E-state index is -0.125. The zero-order valence-electron chi connectivity index (χ0n) is 28.6. The third kappa shape index (κ3) is 4.57. The van der Waals surface area contributed by atoms with Gasteiger partial charge in [0.05, 0.1) is 5.69 Å². The van der Waals surface area contributed by atoms with Gasteiger partial charge in [-0.1, -0.05) is 159 Å². The van der Waals surface area contributed by atoms with Crippen LogP contribution in [0.5, 0.6) is 0 Å². The van der Waals surface area contributed by atoms with Crippen LogP contribution in [0.25, 0.3) is 66.1 Å². The summed E-state index contributed by atoms with van der Waals surface area (Å²) in [6, 6.07) is 63.6. The van der Waals surface area contributed by atoms with Gasteiger partial charge in [0, 0.05) is 43.9 Å². The van der Waals surface area contributed by atoms with Crippen LogP contribution in [0.3, 0.4) is 0 Å². The molecule has 10 rings (SSSR count). The van der Waals surface area contributed by atoms with Gasteiger partial charge >= 0.3 is 0 Å². The monoisotopic (exact) mass is 653 g/mol. The summed E-state index contributed by atoms with van der Waals surface area (Å²) in [5, 5.41) is 4.45. The number of benzene rings is 8. The lowest BCUT2D eigenvalue weighted by Crippen LogP contribution is -2.16. The van der Waals surface area contributed by atoms with Crippen LogP contribution < -0.4 is 4.90 Å². The molecule has 1 aliphatic rings. The van der Waals surface area contributed by atoms with Gasteiger partial charge in [0.25, 0.3) is 0 Å². The van der Waals surface area contributed by atoms with Crippen molar-refractivity contribution in [1.29, 1.82) is 0 Å². The standard InChI is InChI=1S/C49H35NO/c1-49(2)44-26-12-11-21-38(44)39-28-27-36(30-45(39)49)50(35-20-13-19-34(29-35)32-15-5-3-6-16-32)46-31-43-42-25-14-24-37(33-17-7-4-8-18-33)47(42)51-48(43)41-23-10-9-22-40(41)46/h3-31H,1-2H3. The topological polar surface area (TPSA) is 16.4 Å². The molecule has 0 radical (unpaired) electrons. The Kier molecular flexibility index (Phi) is 6.56. The Balaban J connectivity index is 1.26. The van der Waals surface area contributed by atoms with E-state index in [-0.39, 0.29) is 5.41 Å². The van der Waals surface area contributed by atoms with E-state index < -0.39 is 0 Å². The number of fused-ring (bicyclic) bond motifs is 8. The molecule has 0 fully saturated rings. The highest BCUT2D eigenvalue weighted by atomic mass is 16.3. The fourth-order valence-electron chi connectivity index (χ4n) is 8.34. The molecule has 0 N–H and O–H groups in total. The fraction of sp³-hybridized carbons (Fsp3) is 0.0612. The van der Waals surface area contributed by atoms with E-state index >= 15 is 0 Å². The summed E-state index contributed by atoms with van der Waals surface area (Å²) in [7, 11) is 0. The van der Waals surface area contributed by atoms with E-state index in [1.54, 1.807) is 0 Å². The molecule has 8 aromatic carbocycles. The lowest BCUT2D eigenvalue weighted by Gasteiger charge is -2.29. The van der Waals surface area contributed by atoms with Crippen LogP contribution in [0.4, 0.5) is 17.1 Å². The van der Waals surface area contributed by atoms with Gasteiger partial charge in [-0.05, 0) is 69.3 Å². The molecular formula is C49H35NO. The Morgan fingerprint density at radius 2 is 0.980 bits per heavy atom. The average Bonchev–Trinajstić information content (AvgIpc) is 3.68. The van der Waals surface area contributed by atoms with Crippen molar-refractivity contribution in [3.63, 3.8) is 0 Å². The first-order valence-corrected chi connectivity index (χ1v) is 17.7. The maximum atomic E-state index is 6.88. The summed E-state index contributed by atoms with van der Waals surface area (Å²) in [4.78, 5) is 2.45. The Labute approximate surface area is 297 Å². The van der Waals surface area contributed by atoms with Gasteiger partial charge in [-0.15, -0.1) is 0 Å². The predicted octanol–water partition coefficient (Wildman–Crippen LogP) is 13.8. The number of hydrogen-bond acceptors (Lipinski definition) is 2. The second-order valence-corrected chi connectivity index (χ2v) is 14.1. The summed E-state index contributed by atoms with van der Waals surface area (Å²) in [5.74, 6) is 0. The van der Waals surface area contributed by atoms with Crippen molar-refractivity contribution < 1.29 is 4.42 Å². The van der Waals surface area contributed by atoms with E-state index in [1.165, 1.54) is 33.4 Å². The lowest BCUT2D eigenvalue weighted by atomic mass is 9.82. The van der Waals surface area contributed by atoms with Crippen LogP contribution in [0.2, 0.25) is 0 Å². The quantitative estimate of drug-likeness (QED) is 0.184. The molecule has 1 aliphatic carbocycles. The van der Waals surface area contributed by atoms with Crippen LogP contribution in [0.15, 0.2) is 180 Å². The number of furan rings is 1. The summed E-state index contributed by atoms with van der Waals surface area (Å²) >= 11 is 0. The molecule has 0 saturated heterocycles. The molecule has 0 bridgehead atoms. The largest absolute Gasteiger partial charge is 0.455 e. The minimum absolute atomic E-state index is 0.125. The number of anilines is 3. The van der Waals surface area contributed by atoms with Gasteiger partial charge < -0.3 is 9.32 Å². The molecule has 0 atom stereocenters. The van der Waals surface area contributed by atoms with Crippen molar-refractivity contribution in [1.82, 2.24) is 0 Å². The first-order chi connectivity index (χ1) is 25.1. The second kappa shape index (κ2) is 11.3. The highest BCUT2D eigenvalue weighted by molar-refractivity contribution is 6.21. The SMILES string of the molecule is CC1(C)c2ccccc2-c2ccc(N(c3cccc(-c4ccccc4)c3)c3cc4c5cccc(-c6ccccc6)c5oc4c4ccccc34)cc21. The molecule has 51 heavy (non-hydrogen) atoms. The molecular weight excluding hydrogens is 619 g/mol. The molecule has 0 aliphatic heterocycles. The summed E-state index contributed by atoms with van der Waals surface area (Å²) in [5.41, 5.74) is 15.0. The molecule has 1 aromatic heterocycles. The molecule has 0 amide bonds. The smallest absolute Gasteiger partial charge is 0.143 e. The van der Waals surface area contributed by atoms with Crippen molar-refractivity contribution in [2.45, 2.75) is 19.3 Å². The normalized spacial score (nSPS) is 13.1. The second-order valence-electron chi connectivity index (χ2n) is 14.1. The van der Waals surface area contributed by atoms with E-state index in [9.17, 15) is 0 Å². The van der Waals surface area contributed by atoms with Gasteiger partial charge in [-0.2, -0.15) is 0 Å². The van der Waals surface area contributed by atoms with Crippen LogP contribution in [-0.2, 0) is 5.41 Å². The van der Waals surface area contributed by atoms with Gasteiger partial charge in [0.2, 0.25) is 0 Å². The van der Waals surface area contributed by atoms with Gasteiger partial charge in [-0.3, -0.25) is 0 Å². The Morgan fingerprint density at radius 3 is 1.80 bits per heavy atom. The van der Waals surface area contributed by atoms with Crippen molar-refractivity contribution in [3.8, 4) is 33.4 Å². The third-order valence-corrected chi connectivity index (χ3v) is 10.8. The molecule has 0 spiro atoms. The van der Waals surface area contributed by atoms with Crippen molar-refractivity contribution in [2.24, 2.45) is 0 Å². The first kappa shape index (κ1) is 29.5. The van der Waals surface area contributed by atoms with Gasteiger partial charge in [0.15, 0.2) is 0 Å². The summed E-state index contributed by atoms with van der Waals surface area (Å²) in [6.45, 7) is 4.70. The predicted molar refractivity (Wildman–Crippen MR) is 214 cm³/mol. The van der Waals surface area contributed by atoms with E-state index in [0.717, 1.165) is 60.9 Å². The van der Waals surface area contributed by atoms with Crippen molar-refractivity contribution in [3.05, 3.63) is 187 Å². The van der Waals surface area contributed by atoms with Crippen LogP contribution in [-0.4, -0.2) is 0 Å². The fourth-order valence-corrected chi connectivity index (χ4v) is 8.34. The maximum absolute atomic E-state index is 6.88. The Hall–Kier alpha value is -6.38. The van der Waals surface area contributed by atoms with Crippen LogP contribution >= 0.6 is 0 Å². The third-order valence-electron chi connectivity index (χ3n) is 10.8. The van der Waals surface area contributed by atoms with E-state index in [4.69, 9.17) is 4.42 Å². The highest BCUT2D eigenvalue weighted by Gasteiger charge is 2.36. The molecule has 1 heterocycles. The summed E-state index contributed by atoms with van der Waals surface area (Å²) < 4.78 is 6.88. The molecule has 2 heteroatoms. The molecule has 0 saturated carbocycles.